The quantitative estimate of drug-likeness (QED) is 0.233. The second-order valence-corrected chi connectivity index (χ2v) is 10.9. The smallest absolute Gasteiger partial charge is 0.230 e. The number of carbonyl (C=O) groups excluding carboxylic acids is 2. The van der Waals surface area contributed by atoms with Gasteiger partial charge in [0.2, 0.25) is 11.8 Å². The molecule has 3 aromatic carbocycles. The lowest BCUT2D eigenvalue weighted by Gasteiger charge is -2.16. The summed E-state index contributed by atoms with van der Waals surface area (Å²) in [7, 11) is 3.21. The number of thiazole rings is 2. The van der Waals surface area contributed by atoms with Crippen molar-refractivity contribution < 1.29 is 19.1 Å². The normalized spacial score (nSPS) is 11.9. The van der Waals surface area contributed by atoms with Gasteiger partial charge in [0.25, 0.3) is 0 Å². The third-order valence-corrected chi connectivity index (χ3v) is 7.94. The average Bonchev–Trinajstić information content (AvgIpc) is 3.50. The van der Waals surface area contributed by atoms with Crippen LogP contribution in [0, 0.1) is 12.8 Å². The first-order chi connectivity index (χ1) is 18.4. The Hall–Kier alpha value is -4.02. The second kappa shape index (κ2) is 11.2. The zero-order valence-corrected chi connectivity index (χ0v) is 22.7. The van der Waals surface area contributed by atoms with Gasteiger partial charge in [-0.3, -0.25) is 9.59 Å². The highest BCUT2D eigenvalue weighted by molar-refractivity contribution is 7.22. The van der Waals surface area contributed by atoms with Gasteiger partial charge in [0.1, 0.15) is 11.5 Å². The number of rotatable bonds is 9. The van der Waals surface area contributed by atoms with Crippen molar-refractivity contribution in [2.45, 2.75) is 19.8 Å². The van der Waals surface area contributed by atoms with Crippen LogP contribution in [0.1, 0.15) is 17.5 Å². The van der Waals surface area contributed by atoms with E-state index in [1.807, 2.05) is 67.6 Å². The van der Waals surface area contributed by atoms with Crippen LogP contribution in [-0.2, 0) is 16.0 Å². The van der Waals surface area contributed by atoms with Gasteiger partial charge in [0, 0.05) is 6.42 Å². The minimum Gasteiger partial charge on any atom is -0.497 e. The highest BCUT2D eigenvalue weighted by Crippen LogP contribution is 2.31. The molecule has 0 fully saturated rings. The third-order valence-electron chi connectivity index (χ3n) is 6.07. The predicted octanol–water partition coefficient (Wildman–Crippen LogP) is 6.06. The molecule has 0 unspecified atom stereocenters. The fraction of sp³-hybridized carbons (Fsp3) is 0.214. The van der Waals surface area contributed by atoms with E-state index in [9.17, 15) is 9.59 Å². The van der Waals surface area contributed by atoms with Crippen LogP contribution in [0.2, 0.25) is 0 Å². The molecule has 0 radical (unpaired) electrons. The molecule has 8 nitrogen and oxygen atoms in total. The number of amides is 2. The van der Waals surface area contributed by atoms with Crippen molar-refractivity contribution in [3.05, 3.63) is 71.8 Å². The number of hydrogen-bond acceptors (Lipinski definition) is 8. The molecule has 0 aliphatic rings. The average molecular weight is 547 g/mol. The largest absolute Gasteiger partial charge is 0.497 e. The lowest BCUT2D eigenvalue weighted by atomic mass is 9.94. The Kier molecular flexibility index (Phi) is 7.52. The van der Waals surface area contributed by atoms with Gasteiger partial charge in [-0.05, 0) is 55.3 Å². The van der Waals surface area contributed by atoms with Crippen molar-refractivity contribution in [3.63, 3.8) is 0 Å². The molecule has 0 bridgehead atoms. The molecule has 194 valence electrons. The van der Waals surface area contributed by atoms with Gasteiger partial charge in [-0.15, -0.1) is 0 Å². The molecule has 0 aliphatic carbocycles. The number of aryl methyl sites for hydroxylation is 1. The number of hydrogen-bond donors (Lipinski definition) is 2. The summed E-state index contributed by atoms with van der Waals surface area (Å²) >= 11 is 2.73. The van der Waals surface area contributed by atoms with E-state index < -0.39 is 5.92 Å². The summed E-state index contributed by atoms with van der Waals surface area (Å²) in [5.41, 5.74) is 3.65. The van der Waals surface area contributed by atoms with Crippen LogP contribution in [0.3, 0.4) is 0 Å². The minimum atomic E-state index is -0.603. The molecule has 5 rings (SSSR count). The molecule has 2 aromatic heterocycles. The summed E-state index contributed by atoms with van der Waals surface area (Å²) in [6.45, 7) is 2.01. The van der Waals surface area contributed by atoms with Gasteiger partial charge >= 0.3 is 0 Å². The highest BCUT2D eigenvalue weighted by Gasteiger charge is 2.24. The Morgan fingerprint density at radius 2 is 1.37 bits per heavy atom. The minimum absolute atomic E-state index is 0.00231. The second-order valence-electron chi connectivity index (χ2n) is 8.83. The first kappa shape index (κ1) is 25.6. The van der Waals surface area contributed by atoms with Gasteiger partial charge in [-0.2, -0.15) is 0 Å². The molecule has 2 heterocycles. The lowest BCUT2D eigenvalue weighted by molar-refractivity contribution is -0.124. The molecule has 0 saturated heterocycles. The Balaban J connectivity index is 1.33. The monoisotopic (exact) mass is 546 g/mol. The summed E-state index contributed by atoms with van der Waals surface area (Å²) < 4.78 is 12.4. The van der Waals surface area contributed by atoms with E-state index in [2.05, 4.69) is 20.6 Å². The molecule has 5 aromatic rings. The number of methoxy groups -OCH3 is 2. The molecule has 10 heteroatoms. The van der Waals surface area contributed by atoms with Crippen LogP contribution >= 0.6 is 22.7 Å². The third kappa shape index (κ3) is 5.92. The first-order valence-corrected chi connectivity index (χ1v) is 13.6. The van der Waals surface area contributed by atoms with Gasteiger partial charge in [-0.25, -0.2) is 9.97 Å². The van der Waals surface area contributed by atoms with Crippen LogP contribution in [-0.4, -0.2) is 36.0 Å². The van der Waals surface area contributed by atoms with Crippen molar-refractivity contribution in [2.75, 3.05) is 24.9 Å². The predicted molar refractivity (Wildman–Crippen MR) is 153 cm³/mol. The van der Waals surface area contributed by atoms with Crippen molar-refractivity contribution in [3.8, 4) is 11.5 Å². The topological polar surface area (TPSA) is 102 Å². The van der Waals surface area contributed by atoms with E-state index in [1.54, 1.807) is 14.2 Å². The van der Waals surface area contributed by atoms with Gasteiger partial charge in [0.15, 0.2) is 10.3 Å². The van der Waals surface area contributed by atoms with E-state index in [0.29, 0.717) is 16.7 Å². The number of benzene rings is 3. The van der Waals surface area contributed by atoms with Gasteiger partial charge in [-0.1, -0.05) is 52.5 Å². The molecule has 38 heavy (non-hydrogen) atoms. The van der Waals surface area contributed by atoms with Crippen LogP contribution in [0.4, 0.5) is 10.3 Å². The molecular weight excluding hydrogens is 520 g/mol. The maximum Gasteiger partial charge on any atom is 0.230 e. The Morgan fingerprint density at radius 1 is 0.816 bits per heavy atom. The van der Waals surface area contributed by atoms with Crippen LogP contribution in [0.5, 0.6) is 11.5 Å². The van der Waals surface area contributed by atoms with Crippen molar-refractivity contribution in [2.24, 2.45) is 5.92 Å². The Bertz CT molecular complexity index is 1610. The molecule has 2 amide bonds. The summed E-state index contributed by atoms with van der Waals surface area (Å²) in [4.78, 5) is 35.5. The first-order valence-electron chi connectivity index (χ1n) is 12.0. The maximum absolute atomic E-state index is 13.4. The number of nitrogens with one attached hydrogen (secondary N) is 2. The van der Waals surface area contributed by atoms with E-state index in [4.69, 9.17) is 9.47 Å². The Morgan fingerprint density at radius 3 is 1.92 bits per heavy atom. The standard InChI is InChI=1S/C28H26N4O4S2/c1-16-4-6-17(7-5-16)12-18(26(34)32-28-30-22-11-9-20(36-3)15-24(22)38-28)13-25(33)31-27-29-21-10-8-19(35-2)14-23(21)37-27/h4-11,14-15,18H,12-13H2,1-3H3,(H,29,31,33)(H,30,32,34)/t18-/m0/s1. The molecule has 0 aliphatic heterocycles. The summed E-state index contributed by atoms with van der Waals surface area (Å²) in [6, 6.07) is 19.1. The maximum atomic E-state index is 13.4. The zero-order valence-electron chi connectivity index (χ0n) is 21.1. The molecule has 0 spiro atoms. The number of aromatic nitrogens is 2. The SMILES string of the molecule is COc1ccc2nc(NC(=O)C[C@H](Cc3ccc(C)cc3)C(=O)Nc3nc4ccc(OC)cc4s3)sc2c1. The van der Waals surface area contributed by atoms with Gasteiger partial charge < -0.3 is 20.1 Å². The lowest BCUT2D eigenvalue weighted by Crippen LogP contribution is -2.29. The van der Waals surface area contributed by atoms with E-state index in [1.165, 1.54) is 22.7 Å². The number of nitrogens with zero attached hydrogens (tertiary/aromatic N) is 2. The highest BCUT2D eigenvalue weighted by atomic mass is 32.1. The Labute approximate surface area is 227 Å². The molecule has 1 atom stereocenters. The summed E-state index contributed by atoms with van der Waals surface area (Å²) in [6.07, 6.45) is 0.410. The van der Waals surface area contributed by atoms with Gasteiger partial charge in [0.05, 0.1) is 40.6 Å². The van der Waals surface area contributed by atoms with E-state index in [0.717, 1.165) is 43.1 Å². The molecule has 2 N–H and O–H groups in total. The summed E-state index contributed by atoms with van der Waals surface area (Å²) in [5.74, 6) is 0.301. The van der Waals surface area contributed by atoms with E-state index in [-0.39, 0.29) is 18.2 Å². The number of anilines is 2. The van der Waals surface area contributed by atoms with Crippen molar-refractivity contribution >= 4 is 65.2 Å². The van der Waals surface area contributed by atoms with Crippen LogP contribution < -0.4 is 20.1 Å². The number of carbonyl (C=O) groups is 2. The fourth-order valence-corrected chi connectivity index (χ4v) is 5.85. The van der Waals surface area contributed by atoms with Crippen molar-refractivity contribution in [1.29, 1.82) is 0 Å². The van der Waals surface area contributed by atoms with E-state index >= 15 is 0 Å². The molecule has 0 saturated carbocycles. The number of ether oxygens (including phenoxy) is 2. The summed E-state index contributed by atoms with van der Waals surface area (Å²) in [5, 5.41) is 6.75. The van der Waals surface area contributed by atoms with Crippen LogP contribution in [0.15, 0.2) is 60.7 Å². The number of fused-ring (bicyclic) bond motifs is 2. The fourth-order valence-electron chi connectivity index (χ4n) is 4.04. The molecular formula is C28H26N4O4S2. The van der Waals surface area contributed by atoms with Crippen LogP contribution in [0.25, 0.3) is 20.4 Å². The zero-order chi connectivity index (χ0) is 26.6. The van der Waals surface area contributed by atoms with Crippen molar-refractivity contribution in [1.82, 2.24) is 9.97 Å².